The van der Waals surface area contributed by atoms with Crippen LogP contribution in [0.4, 0.5) is 5.82 Å². The van der Waals surface area contributed by atoms with E-state index in [0.29, 0.717) is 5.82 Å². The van der Waals surface area contributed by atoms with Crippen molar-refractivity contribution in [3.63, 3.8) is 0 Å². The molecule has 13 heavy (non-hydrogen) atoms. The monoisotopic (exact) mass is 183 g/mol. The van der Waals surface area contributed by atoms with Crippen LogP contribution in [0.2, 0.25) is 0 Å². The molecule has 0 aliphatic carbocycles. The molecule has 0 aliphatic rings. The Labute approximate surface area is 78.5 Å². The van der Waals surface area contributed by atoms with Crippen molar-refractivity contribution < 1.29 is 0 Å². The van der Waals surface area contributed by atoms with Gasteiger partial charge in [-0.3, -0.25) is 0 Å². The molecule has 0 fully saturated rings. The number of anilines is 1. The zero-order valence-corrected chi connectivity index (χ0v) is 8.49. The molecule has 0 atom stereocenters. The molecule has 1 aromatic heterocycles. The van der Waals surface area contributed by atoms with Crippen molar-refractivity contribution in [3.8, 4) is 0 Å². The lowest BCUT2D eigenvalue weighted by atomic mass is 10.3. The molecular formula is C8H17N5. The molecule has 0 aromatic carbocycles. The molecule has 0 saturated heterocycles. The molecule has 0 aliphatic heterocycles. The van der Waals surface area contributed by atoms with Crippen LogP contribution in [0.1, 0.15) is 12.6 Å². The molecule has 1 aromatic rings. The van der Waals surface area contributed by atoms with Crippen LogP contribution in [0.15, 0.2) is 0 Å². The third-order valence-corrected chi connectivity index (χ3v) is 1.96. The highest BCUT2D eigenvalue weighted by Crippen LogP contribution is 2.07. The minimum absolute atomic E-state index is 0.557. The Morgan fingerprint density at radius 2 is 2.15 bits per heavy atom. The molecule has 74 valence electrons. The Morgan fingerprint density at radius 3 is 2.69 bits per heavy atom. The topological polar surface area (TPSA) is 60.0 Å². The van der Waals surface area contributed by atoms with Gasteiger partial charge in [-0.25, -0.2) is 4.68 Å². The number of hydrogen-bond donors (Lipinski definition) is 1. The maximum Gasteiger partial charge on any atom is 0.169 e. The van der Waals surface area contributed by atoms with Gasteiger partial charge in [0.2, 0.25) is 0 Å². The first-order chi connectivity index (χ1) is 6.15. The van der Waals surface area contributed by atoms with Gasteiger partial charge in [0.05, 0.1) is 12.2 Å². The number of rotatable bonds is 4. The van der Waals surface area contributed by atoms with Crippen LogP contribution in [-0.2, 0) is 13.0 Å². The number of aromatic nitrogens is 3. The van der Waals surface area contributed by atoms with E-state index in [4.69, 9.17) is 5.73 Å². The van der Waals surface area contributed by atoms with Gasteiger partial charge in [0.1, 0.15) is 0 Å². The molecule has 0 bridgehead atoms. The molecule has 2 N–H and O–H groups in total. The van der Waals surface area contributed by atoms with Gasteiger partial charge in [-0.05, 0) is 20.5 Å². The summed E-state index contributed by atoms with van der Waals surface area (Å²) in [5.41, 5.74) is 6.68. The molecule has 5 nitrogen and oxygen atoms in total. The minimum Gasteiger partial charge on any atom is -0.381 e. The average molecular weight is 183 g/mol. The van der Waals surface area contributed by atoms with Gasteiger partial charge in [0, 0.05) is 6.54 Å². The molecule has 0 unspecified atom stereocenters. The maximum atomic E-state index is 5.65. The van der Waals surface area contributed by atoms with Gasteiger partial charge < -0.3 is 10.6 Å². The summed E-state index contributed by atoms with van der Waals surface area (Å²) < 4.78 is 1.87. The first-order valence-electron chi connectivity index (χ1n) is 4.47. The summed E-state index contributed by atoms with van der Waals surface area (Å²) in [5, 5.41) is 7.81. The van der Waals surface area contributed by atoms with Crippen LogP contribution in [0.25, 0.3) is 0 Å². The van der Waals surface area contributed by atoms with Gasteiger partial charge in [-0.15, -0.1) is 5.10 Å². The fraction of sp³-hybridized carbons (Fsp3) is 0.750. The lowest BCUT2D eigenvalue weighted by Gasteiger charge is -2.10. The second-order valence-electron chi connectivity index (χ2n) is 3.30. The number of nitrogens with zero attached hydrogens (tertiary/aromatic N) is 4. The van der Waals surface area contributed by atoms with E-state index in [0.717, 1.165) is 25.2 Å². The van der Waals surface area contributed by atoms with Crippen LogP contribution in [0.3, 0.4) is 0 Å². The van der Waals surface area contributed by atoms with Crippen molar-refractivity contribution in [2.45, 2.75) is 19.9 Å². The van der Waals surface area contributed by atoms with E-state index >= 15 is 0 Å². The molecule has 0 saturated carbocycles. The Morgan fingerprint density at radius 1 is 1.46 bits per heavy atom. The summed E-state index contributed by atoms with van der Waals surface area (Å²) in [4.78, 5) is 2.11. The maximum absolute atomic E-state index is 5.65. The Balaban J connectivity index is 2.65. The van der Waals surface area contributed by atoms with E-state index in [1.807, 2.05) is 18.8 Å². The number of nitrogens with two attached hydrogens (primary N) is 1. The zero-order valence-electron chi connectivity index (χ0n) is 8.49. The lowest BCUT2D eigenvalue weighted by molar-refractivity contribution is 0.367. The molecule has 0 radical (unpaired) electrons. The summed E-state index contributed by atoms with van der Waals surface area (Å²) in [6.07, 6.45) is 0.881. The fourth-order valence-corrected chi connectivity index (χ4v) is 1.18. The van der Waals surface area contributed by atoms with Gasteiger partial charge >= 0.3 is 0 Å². The van der Waals surface area contributed by atoms with E-state index in [-0.39, 0.29) is 0 Å². The van der Waals surface area contributed by atoms with Crippen molar-refractivity contribution in [1.29, 1.82) is 0 Å². The van der Waals surface area contributed by atoms with Crippen molar-refractivity contribution >= 4 is 5.82 Å². The quantitative estimate of drug-likeness (QED) is 0.713. The summed E-state index contributed by atoms with van der Waals surface area (Å²) >= 11 is 0. The summed E-state index contributed by atoms with van der Waals surface area (Å²) in [5.74, 6) is 0.557. The summed E-state index contributed by atoms with van der Waals surface area (Å²) in [7, 11) is 4.07. The average Bonchev–Trinajstić information content (AvgIpc) is 2.42. The highest BCUT2D eigenvalue weighted by atomic mass is 15.4. The highest BCUT2D eigenvalue weighted by molar-refractivity contribution is 5.32. The first kappa shape index (κ1) is 9.98. The highest BCUT2D eigenvalue weighted by Gasteiger charge is 2.06. The van der Waals surface area contributed by atoms with Crippen molar-refractivity contribution in [2.24, 2.45) is 0 Å². The van der Waals surface area contributed by atoms with Crippen molar-refractivity contribution in [2.75, 3.05) is 26.4 Å². The molecule has 0 spiro atoms. The summed E-state index contributed by atoms with van der Waals surface area (Å²) in [6, 6.07) is 0. The second-order valence-corrected chi connectivity index (χ2v) is 3.30. The number of nitrogen functional groups attached to an aromatic ring is 1. The van der Waals surface area contributed by atoms with Gasteiger partial charge in [-0.1, -0.05) is 12.1 Å². The third-order valence-electron chi connectivity index (χ3n) is 1.96. The van der Waals surface area contributed by atoms with E-state index in [1.54, 1.807) is 0 Å². The first-order valence-corrected chi connectivity index (χ1v) is 4.47. The van der Waals surface area contributed by atoms with E-state index in [2.05, 4.69) is 22.1 Å². The van der Waals surface area contributed by atoms with E-state index in [9.17, 15) is 0 Å². The Hall–Kier alpha value is -1.10. The van der Waals surface area contributed by atoms with E-state index in [1.165, 1.54) is 0 Å². The van der Waals surface area contributed by atoms with E-state index < -0.39 is 0 Å². The number of hydrogen-bond acceptors (Lipinski definition) is 4. The molecule has 5 heteroatoms. The van der Waals surface area contributed by atoms with Crippen molar-refractivity contribution in [3.05, 3.63) is 5.69 Å². The Bertz CT molecular complexity index is 265. The van der Waals surface area contributed by atoms with Gasteiger partial charge in [0.15, 0.2) is 5.82 Å². The SMILES string of the molecule is CCc1c(N)nnn1CCN(C)C. The van der Waals surface area contributed by atoms with Crippen LogP contribution in [0.5, 0.6) is 0 Å². The standard InChI is InChI=1S/C8H17N5/c1-4-7-8(9)10-11-13(7)6-5-12(2)3/h4-6,9H2,1-3H3. The summed E-state index contributed by atoms with van der Waals surface area (Å²) in [6.45, 7) is 3.86. The zero-order chi connectivity index (χ0) is 9.84. The van der Waals surface area contributed by atoms with Gasteiger partial charge in [0.25, 0.3) is 0 Å². The molecular weight excluding hydrogens is 166 g/mol. The van der Waals surface area contributed by atoms with Crippen LogP contribution < -0.4 is 5.73 Å². The molecule has 1 rings (SSSR count). The van der Waals surface area contributed by atoms with Crippen LogP contribution in [-0.4, -0.2) is 40.5 Å². The van der Waals surface area contributed by atoms with Crippen molar-refractivity contribution in [1.82, 2.24) is 19.9 Å². The largest absolute Gasteiger partial charge is 0.381 e. The lowest BCUT2D eigenvalue weighted by Crippen LogP contribution is -2.20. The normalized spacial score (nSPS) is 11.1. The Kier molecular flexibility index (Phi) is 3.25. The smallest absolute Gasteiger partial charge is 0.169 e. The number of likely N-dealkylation sites (N-methyl/N-ethyl adjacent to an activating group) is 1. The third kappa shape index (κ3) is 2.42. The molecule has 0 amide bonds. The molecule has 1 heterocycles. The fourth-order valence-electron chi connectivity index (χ4n) is 1.18. The van der Waals surface area contributed by atoms with Crippen LogP contribution in [0, 0.1) is 0 Å². The minimum atomic E-state index is 0.557. The predicted molar refractivity (Wildman–Crippen MR) is 52.4 cm³/mol. The second kappa shape index (κ2) is 4.23. The predicted octanol–water partition coefficient (Wildman–Crippen LogP) is -0.0157. The van der Waals surface area contributed by atoms with Crippen LogP contribution >= 0.6 is 0 Å². The van der Waals surface area contributed by atoms with Gasteiger partial charge in [-0.2, -0.15) is 0 Å².